The van der Waals surface area contributed by atoms with Crippen LogP contribution in [0.2, 0.25) is 0 Å². The number of nitrogens with one attached hydrogen (secondary N) is 1. The van der Waals surface area contributed by atoms with Gasteiger partial charge in [-0.15, -0.1) is 0 Å². The van der Waals surface area contributed by atoms with Crippen molar-refractivity contribution in [2.75, 3.05) is 6.54 Å². The number of rotatable bonds is 6. The van der Waals surface area contributed by atoms with Crippen molar-refractivity contribution in [3.05, 3.63) is 65.7 Å². The molecule has 0 aliphatic carbocycles. The van der Waals surface area contributed by atoms with Crippen molar-refractivity contribution in [3.63, 3.8) is 0 Å². The van der Waals surface area contributed by atoms with E-state index in [2.05, 4.69) is 4.72 Å². The zero-order valence-electron chi connectivity index (χ0n) is 13.0. The molecule has 0 radical (unpaired) electrons. The van der Waals surface area contributed by atoms with E-state index in [0.29, 0.717) is 12.1 Å². The van der Waals surface area contributed by atoms with Crippen LogP contribution in [-0.4, -0.2) is 20.9 Å². The predicted molar refractivity (Wildman–Crippen MR) is 87.6 cm³/mol. The molecule has 2 aromatic rings. The summed E-state index contributed by atoms with van der Waals surface area (Å²) in [4.78, 5) is 12.2. The van der Waals surface area contributed by atoms with Crippen LogP contribution in [0.5, 0.6) is 0 Å². The third-order valence-corrected chi connectivity index (χ3v) is 4.85. The van der Waals surface area contributed by atoms with Gasteiger partial charge in [0.1, 0.15) is 6.10 Å². The van der Waals surface area contributed by atoms with Gasteiger partial charge >= 0.3 is 5.97 Å². The quantitative estimate of drug-likeness (QED) is 0.825. The molecule has 0 aromatic heterocycles. The summed E-state index contributed by atoms with van der Waals surface area (Å²) in [6.07, 6.45) is -0.381. The SMILES string of the molecule is CCNS(=O)(=O)c1ccc(C(=O)OC(C)c2ccccc2)cc1. The molecule has 1 N–H and O–H groups in total. The summed E-state index contributed by atoms with van der Waals surface area (Å²) in [5.41, 5.74) is 1.20. The van der Waals surface area contributed by atoms with Crippen LogP contribution < -0.4 is 4.72 Å². The number of esters is 1. The van der Waals surface area contributed by atoms with E-state index in [-0.39, 0.29) is 11.0 Å². The molecule has 2 rings (SSSR count). The van der Waals surface area contributed by atoms with Crippen molar-refractivity contribution in [2.45, 2.75) is 24.8 Å². The summed E-state index contributed by atoms with van der Waals surface area (Å²) in [6.45, 7) is 3.80. The van der Waals surface area contributed by atoms with Gasteiger partial charge in [-0.2, -0.15) is 0 Å². The number of hydrogen-bond donors (Lipinski definition) is 1. The Labute approximate surface area is 136 Å². The lowest BCUT2D eigenvalue weighted by molar-refractivity contribution is 0.0338. The maximum absolute atomic E-state index is 12.1. The summed E-state index contributed by atoms with van der Waals surface area (Å²) < 4.78 is 31.5. The number of carbonyl (C=O) groups excluding carboxylic acids is 1. The van der Waals surface area contributed by atoms with Crippen molar-refractivity contribution < 1.29 is 17.9 Å². The molecule has 5 nitrogen and oxygen atoms in total. The first kappa shape index (κ1) is 17.2. The Morgan fingerprint density at radius 1 is 1.09 bits per heavy atom. The normalized spacial score (nSPS) is 12.6. The fraction of sp³-hybridized carbons (Fsp3) is 0.235. The zero-order valence-corrected chi connectivity index (χ0v) is 13.8. The average Bonchev–Trinajstić information content (AvgIpc) is 2.55. The third-order valence-electron chi connectivity index (χ3n) is 3.29. The maximum atomic E-state index is 12.1. The van der Waals surface area contributed by atoms with Crippen molar-refractivity contribution in [1.82, 2.24) is 4.72 Å². The van der Waals surface area contributed by atoms with Crippen LogP contribution in [0.4, 0.5) is 0 Å². The second-order valence-electron chi connectivity index (χ2n) is 4.98. The minimum atomic E-state index is -3.52. The smallest absolute Gasteiger partial charge is 0.338 e. The van der Waals surface area contributed by atoms with Crippen LogP contribution >= 0.6 is 0 Å². The Kier molecular flexibility index (Phi) is 5.52. The number of carbonyl (C=O) groups is 1. The largest absolute Gasteiger partial charge is 0.454 e. The number of hydrogen-bond acceptors (Lipinski definition) is 4. The van der Waals surface area contributed by atoms with E-state index < -0.39 is 16.0 Å². The Bertz CT molecular complexity index is 755. The lowest BCUT2D eigenvalue weighted by atomic mass is 10.1. The Morgan fingerprint density at radius 2 is 1.70 bits per heavy atom. The lowest BCUT2D eigenvalue weighted by Crippen LogP contribution is -2.23. The van der Waals surface area contributed by atoms with E-state index in [4.69, 9.17) is 4.74 Å². The molecule has 0 amide bonds. The van der Waals surface area contributed by atoms with Crippen LogP contribution in [-0.2, 0) is 14.8 Å². The van der Waals surface area contributed by atoms with Crippen LogP contribution in [0.25, 0.3) is 0 Å². The highest BCUT2D eigenvalue weighted by molar-refractivity contribution is 7.89. The molecule has 0 bridgehead atoms. The van der Waals surface area contributed by atoms with Gasteiger partial charge in [0.25, 0.3) is 0 Å². The summed E-state index contributed by atoms with van der Waals surface area (Å²) in [6, 6.07) is 15.1. The molecule has 0 saturated heterocycles. The van der Waals surface area contributed by atoms with E-state index in [1.165, 1.54) is 24.3 Å². The van der Waals surface area contributed by atoms with Crippen molar-refractivity contribution in [3.8, 4) is 0 Å². The first-order valence-electron chi connectivity index (χ1n) is 7.29. The standard InChI is InChI=1S/C17H19NO4S/c1-3-18-23(20,21)16-11-9-15(10-12-16)17(19)22-13(2)14-7-5-4-6-8-14/h4-13,18H,3H2,1-2H3. The zero-order chi connectivity index (χ0) is 16.9. The molecular weight excluding hydrogens is 314 g/mol. The minimum Gasteiger partial charge on any atom is -0.454 e. The van der Waals surface area contributed by atoms with Crippen LogP contribution in [0, 0.1) is 0 Å². The molecule has 1 atom stereocenters. The Balaban J connectivity index is 2.09. The van der Waals surface area contributed by atoms with E-state index in [9.17, 15) is 13.2 Å². The molecule has 122 valence electrons. The van der Waals surface area contributed by atoms with Crippen LogP contribution in [0.1, 0.15) is 35.9 Å². The predicted octanol–water partition coefficient (Wildman–Crippen LogP) is 2.90. The molecule has 0 spiro atoms. The first-order valence-corrected chi connectivity index (χ1v) is 8.78. The van der Waals surface area contributed by atoms with Crippen molar-refractivity contribution in [1.29, 1.82) is 0 Å². The summed E-state index contributed by atoms with van der Waals surface area (Å²) >= 11 is 0. The highest BCUT2D eigenvalue weighted by Gasteiger charge is 2.16. The van der Waals surface area contributed by atoms with Gasteiger partial charge in [-0.3, -0.25) is 0 Å². The summed E-state index contributed by atoms with van der Waals surface area (Å²) in [5, 5.41) is 0. The lowest BCUT2D eigenvalue weighted by Gasteiger charge is -2.13. The molecule has 2 aromatic carbocycles. The molecular formula is C17H19NO4S. The highest BCUT2D eigenvalue weighted by Crippen LogP contribution is 2.19. The van der Waals surface area contributed by atoms with E-state index in [0.717, 1.165) is 5.56 Å². The van der Waals surface area contributed by atoms with Gasteiger partial charge in [0, 0.05) is 6.54 Å². The van der Waals surface area contributed by atoms with Gasteiger partial charge in [-0.25, -0.2) is 17.9 Å². The monoisotopic (exact) mass is 333 g/mol. The number of ether oxygens (including phenoxy) is 1. The summed E-state index contributed by atoms with van der Waals surface area (Å²) in [7, 11) is -3.52. The average molecular weight is 333 g/mol. The number of benzene rings is 2. The molecule has 23 heavy (non-hydrogen) atoms. The fourth-order valence-electron chi connectivity index (χ4n) is 2.06. The van der Waals surface area contributed by atoms with Gasteiger partial charge in [0.05, 0.1) is 10.5 Å². The van der Waals surface area contributed by atoms with Crippen LogP contribution in [0.3, 0.4) is 0 Å². The molecule has 0 aliphatic heterocycles. The fourth-order valence-corrected chi connectivity index (χ4v) is 3.11. The first-order chi connectivity index (χ1) is 10.9. The van der Waals surface area contributed by atoms with Gasteiger partial charge in [0.2, 0.25) is 10.0 Å². The van der Waals surface area contributed by atoms with Crippen molar-refractivity contribution in [2.24, 2.45) is 0 Å². The highest BCUT2D eigenvalue weighted by atomic mass is 32.2. The topological polar surface area (TPSA) is 72.5 Å². The van der Waals surface area contributed by atoms with Gasteiger partial charge < -0.3 is 4.74 Å². The van der Waals surface area contributed by atoms with Crippen LogP contribution in [0.15, 0.2) is 59.5 Å². The second kappa shape index (κ2) is 7.39. The maximum Gasteiger partial charge on any atom is 0.338 e. The molecule has 0 saturated carbocycles. The molecule has 0 heterocycles. The van der Waals surface area contributed by atoms with E-state index in [1.807, 2.05) is 30.3 Å². The third kappa shape index (κ3) is 4.40. The Hall–Kier alpha value is -2.18. The van der Waals surface area contributed by atoms with Crippen molar-refractivity contribution >= 4 is 16.0 Å². The Morgan fingerprint density at radius 3 is 2.26 bits per heavy atom. The van der Waals surface area contributed by atoms with E-state index >= 15 is 0 Å². The van der Waals surface area contributed by atoms with Gasteiger partial charge in [0.15, 0.2) is 0 Å². The van der Waals surface area contributed by atoms with Gasteiger partial charge in [-0.1, -0.05) is 37.3 Å². The number of sulfonamides is 1. The minimum absolute atomic E-state index is 0.118. The second-order valence-corrected chi connectivity index (χ2v) is 6.75. The van der Waals surface area contributed by atoms with E-state index in [1.54, 1.807) is 13.8 Å². The molecule has 0 aliphatic rings. The summed E-state index contributed by atoms with van der Waals surface area (Å²) in [5.74, 6) is -0.492. The molecule has 0 fully saturated rings. The van der Waals surface area contributed by atoms with Gasteiger partial charge in [-0.05, 0) is 36.8 Å². The molecule has 1 unspecified atom stereocenters. The molecule has 6 heteroatoms.